The van der Waals surface area contributed by atoms with Crippen molar-refractivity contribution >= 4 is 0 Å². The maximum Gasteiger partial charge on any atom is 0.238 e. The van der Waals surface area contributed by atoms with Gasteiger partial charge >= 0.3 is 0 Å². The lowest BCUT2D eigenvalue weighted by Crippen LogP contribution is -2.13. The van der Waals surface area contributed by atoms with Crippen molar-refractivity contribution < 1.29 is 13.5 Å². The number of rotatable bonds is 6. The maximum atomic E-state index is 12.2. The van der Waals surface area contributed by atoms with Crippen LogP contribution in [0.3, 0.4) is 0 Å². The summed E-state index contributed by atoms with van der Waals surface area (Å²) in [5, 5.41) is 0. The summed E-state index contributed by atoms with van der Waals surface area (Å²) in [5.74, 6) is 1.79. The van der Waals surface area contributed by atoms with E-state index in [0.29, 0.717) is 12.3 Å². The zero-order valence-electron chi connectivity index (χ0n) is 10.3. The molecule has 0 saturated heterocycles. The standard InChI is InChI=1S/C14H20F2O/c1-10-2-5-12(6-7-14(15)16)13(8-10)17-9-11-3-4-11/h2,8,11-12,14H,3-7,9H2,1H3/t12-/m0/s1. The van der Waals surface area contributed by atoms with Gasteiger partial charge in [0, 0.05) is 12.3 Å². The number of alkyl halides is 2. The van der Waals surface area contributed by atoms with E-state index in [2.05, 4.69) is 6.08 Å². The Bertz CT molecular complexity index is 316. The molecule has 1 atom stereocenters. The zero-order chi connectivity index (χ0) is 12.3. The smallest absolute Gasteiger partial charge is 0.238 e. The number of hydrogen-bond donors (Lipinski definition) is 0. The largest absolute Gasteiger partial charge is 0.497 e. The molecule has 0 bridgehead atoms. The first kappa shape index (κ1) is 12.6. The van der Waals surface area contributed by atoms with Gasteiger partial charge < -0.3 is 4.74 Å². The molecule has 0 unspecified atom stereocenters. The van der Waals surface area contributed by atoms with E-state index in [1.54, 1.807) is 0 Å². The molecule has 3 heteroatoms. The second kappa shape index (κ2) is 5.65. The minimum absolute atomic E-state index is 0.0261. The summed E-state index contributed by atoms with van der Waals surface area (Å²) < 4.78 is 30.3. The van der Waals surface area contributed by atoms with E-state index in [1.807, 2.05) is 13.0 Å². The van der Waals surface area contributed by atoms with Crippen LogP contribution in [-0.2, 0) is 4.74 Å². The van der Waals surface area contributed by atoms with Gasteiger partial charge in [-0.25, -0.2) is 8.78 Å². The highest BCUT2D eigenvalue weighted by molar-refractivity contribution is 5.25. The molecule has 96 valence electrons. The molecule has 0 amide bonds. The van der Waals surface area contributed by atoms with Crippen molar-refractivity contribution in [2.45, 2.75) is 45.5 Å². The topological polar surface area (TPSA) is 9.23 Å². The predicted octanol–water partition coefficient (Wildman–Crippen LogP) is 4.31. The molecule has 1 nitrogen and oxygen atoms in total. The van der Waals surface area contributed by atoms with Crippen molar-refractivity contribution in [2.24, 2.45) is 11.8 Å². The molecule has 1 fully saturated rings. The molecule has 0 aromatic carbocycles. The van der Waals surface area contributed by atoms with Gasteiger partial charge in [0.25, 0.3) is 0 Å². The lowest BCUT2D eigenvalue weighted by molar-refractivity contribution is 0.115. The third-order valence-corrected chi connectivity index (χ3v) is 3.41. The van der Waals surface area contributed by atoms with Gasteiger partial charge in [0.1, 0.15) is 0 Å². The van der Waals surface area contributed by atoms with Gasteiger partial charge in [0.15, 0.2) is 0 Å². The second-order valence-electron chi connectivity index (χ2n) is 5.15. The molecule has 0 aliphatic heterocycles. The quantitative estimate of drug-likeness (QED) is 0.674. The minimum atomic E-state index is -2.20. The van der Waals surface area contributed by atoms with Gasteiger partial charge in [-0.15, -0.1) is 0 Å². The fourth-order valence-electron chi connectivity index (χ4n) is 2.09. The van der Waals surface area contributed by atoms with Crippen molar-refractivity contribution in [3.8, 4) is 0 Å². The molecule has 0 aromatic rings. The highest BCUT2D eigenvalue weighted by Crippen LogP contribution is 2.34. The van der Waals surface area contributed by atoms with E-state index in [9.17, 15) is 8.78 Å². The lowest BCUT2D eigenvalue weighted by Gasteiger charge is -2.23. The Hall–Kier alpha value is -0.860. The Kier molecular flexibility index (Phi) is 4.19. The van der Waals surface area contributed by atoms with Gasteiger partial charge in [-0.1, -0.05) is 11.6 Å². The van der Waals surface area contributed by atoms with E-state index < -0.39 is 6.43 Å². The summed E-state index contributed by atoms with van der Waals surface area (Å²) in [6, 6.07) is 0. The van der Waals surface area contributed by atoms with Crippen molar-refractivity contribution in [1.82, 2.24) is 0 Å². The van der Waals surface area contributed by atoms with E-state index in [0.717, 1.165) is 18.8 Å². The molecular formula is C14H20F2O. The maximum absolute atomic E-state index is 12.2. The van der Waals surface area contributed by atoms with Crippen LogP contribution in [-0.4, -0.2) is 13.0 Å². The highest BCUT2D eigenvalue weighted by atomic mass is 19.3. The van der Waals surface area contributed by atoms with Gasteiger partial charge in [0.05, 0.1) is 12.4 Å². The molecule has 0 N–H and O–H groups in total. The summed E-state index contributed by atoms with van der Waals surface area (Å²) in [5.41, 5.74) is 1.18. The molecule has 0 aromatic heterocycles. The molecule has 2 rings (SSSR count). The lowest BCUT2D eigenvalue weighted by atomic mass is 9.91. The fourth-order valence-corrected chi connectivity index (χ4v) is 2.09. The Morgan fingerprint density at radius 1 is 1.41 bits per heavy atom. The van der Waals surface area contributed by atoms with Gasteiger partial charge in [-0.05, 0) is 44.6 Å². The first-order valence-electron chi connectivity index (χ1n) is 6.44. The van der Waals surface area contributed by atoms with Crippen molar-refractivity contribution in [2.75, 3.05) is 6.61 Å². The van der Waals surface area contributed by atoms with E-state index in [-0.39, 0.29) is 12.3 Å². The van der Waals surface area contributed by atoms with Crippen LogP contribution in [0.4, 0.5) is 8.78 Å². The van der Waals surface area contributed by atoms with Gasteiger partial charge in [-0.2, -0.15) is 0 Å². The molecule has 17 heavy (non-hydrogen) atoms. The van der Waals surface area contributed by atoms with Crippen LogP contribution < -0.4 is 0 Å². The summed E-state index contributed by atoms with van der Waals surface area (Å²) in [6.45, 7) is 2.80. The predicted molar refractivity (Wildman–Crippen MR) is 63.9 cm³/mol. The van der Waals surface area contributed by atoms with Crippen LogP contribution in [0, 0.1) is 11.8 Å². The molecule has 2 aliphatic rings. The zero-order valence-corrected chi connectivity index (χ0v) is 10.3. The van der Waals surface area contributed by atoms with Gasteiger partial charge in [-0.3, -0.25) is 0 Å². The van der Waals surface area contributed by atoms with Crippen LogP contribution in [0.2, 0.25) is 0 Å². The Morgan fingerprint density at radius 3 is 2.82 bits per heavy atom. The Balaban J connectivity index is 1.87. The Morgan fingerprint density at radius 2 is 2.18 bits per heavy atom. The highest BCUT2D eigenvalue weighted by Gasteiger charge is 2.25. The SMILES string of the molecule is CC1=CC[C@@H](CCC(F)F)C(OCC2CC2)=C1. The molecule has 2 aliphatic carbocycles. The number of hydrogen-bond acceptors (Lipinski definition) is 1. The third-order valence-electron chi connectivity index (χ3n) is 3.41. The molecule has 0 spiro atoms. The average Bonchev–Trinajstić information content (AvgIpc) is 3.08. The number of allylic oxidation sites excluding steroid dienone is 4. The minimum Gasteiger partial charge on any atom is -0.497 e. The monoisotopic (exact) mass is 242 g/mol. The van der Waals surface area contributed by atoms with E-state index in [1.165, 1.54) is 18.4 Å². The average molecular weight is 242 g/mol. The molecular weight excluding hydrogens is 222 g/mol. The first-order chi connectivity index (χ1) is 8.15. The van der Waals surface area contributed by atoms with Crippen LogP contribution in [0.25, 0.3) is 0 Å². The van der Waals surface area contributed by atoms with Gasteiger partial charge in [0.2, 0.25) is 6.43 Å². The van der Waals surface area contributed by atoms with Crippen LogP contribution in [0.15, 0.2) is 23.5 Å². The molecule has 0 heterocycles. The third kappa shape index (κ3) is 4.14. The van der Waals surface area contributed by atoms with Crippen LogP contribution in [0.1, 0.15) is 39.0 Å². The summed E-state index contributed by atoms with van der Waals surface area (Å²) in [7, 11) is 0. The van der Waals surface area contributed by atoms with E-state index in [4.69, 9.17) is 4.74 Å². The van der Waals surface area contributed by atoms with Crippen molar-refractivity contribution in [3.63, 3.8) is 0 Å². The molecule has 1 saturated carbocycles. The van der Waals surface area contributed by atoms with Crippen molar-refractivity contribution in [3.05, 3.63) is 23.5 Å². The van der Waals surface area contributed by atoms with Crippen molar-refractivity contribution in [1.29, 1.82) is 0 Å². The molecule has 0 radical (unpaired) electrons. The van der Waals surface area contributed by atoms with Crippen LogP contribution in [0.5, 0.6) is 0 Å². The normalized spacial score (nSPS) is 24.6. The summed E-state index contributed by atoms with van der Waals surface area (Å²) in [4.78, 5) is 0. The van der Waals surface area contributed by atoms with Crippen LogP contribution >= 0.6 is 0 Å². The summed E-state index contributed by atoms with van der Waals surface area (Å²) in [6.07, 6.45) is 5.77. The first-order valence-corrected chi connectivity index (χ1v) is 6.44. The van der Waals surface area contributed by atoms with E-state index >= 15 is 0 Å². The Labute approximate surface area is 102 Å². The fraction of sp³-hybridized carbons (Fsp3) is 0.714. The number of halogens is 2. The number of ether oxygens (including phenoxy) is 1. The second-order valence-corrected chi connectivity index (χ2v) is 5.15. The summed E-state index contributed by atoms with van der Waals surface area (Å²) >= 11 is 0.